The molecule has 4 heteroatoms. The van der Waals surface area contributed by atoms with E-state index in [2.05, 4.69) is 142 Å². The summed E-state index contributed by atoms with van der Waals surface area (Å²) in [6, 6.07) is 41.8. The Morgan fingerprint density at radius 2 is 1.40 bits per heavy atom. The first kappa shape index (κ1) is 27.2. The van der Waals surface area contributed by atoms with Crippen molar-refractivity contribution >= 4 is 49.4 Å². The van der Waals surface area contributed by atoms with Gasteiger partial charge in [0, 0.05) is 34.2 Å². The molecule has 0 N–H and O–H groups in total. The summed E-state index contributed by atoms with van der Waals surface area (Å²) in [5.41, 5.74) is 12.8. The second-order valence-electron chi connectivity index (χ2n) is 12.0. The zero-order valence-electron chi connectivity index (χ0n) is 25.7. The maximum Gasteiger partial charge on any atom is 0.0619 e. The number of aromatic nitrogens is 2. The molecular weight excluding hydrogens is 573 g/mol. The Bertz CT molecular complexity index is 2430. The summed E-state index contributed by atoms with van der Waals surface area (Å²) in [6.07, 6.45) is 14.1. The smallest absolute Gasteiger partial charge is 0.0619 e. The zero-order chi connectivity index (χ0) is 31.2. The number of pyridine rings is 1. The average Bonchev–Trinajstić information content (AvgIpc) is 3.50. The standard InChI is InChI=1S/C43H30N4/c1-2-6-37(7-3-1)47-42-26-33(36-25-35(27-45-28-36)30-19-22-44-23-20-30)14-17-39(42)40-18-15-34-24-32(13-16-38(34)43(40)47)29-9-11-31(12-10-29)41-8-4-5-21-46-41/h1-20,22-27H,21,28H2/q-2. The second-order valence-corrected chi connectivity index (χ2v) is 12.0. The first-order valence-electron chi connectivity index (χ1n) is 16.0. The lowest BCUT2D eigenvalue weighted by Gasteiger charge is -2.26. The Kier molecular flexibility index (Phi) is 6.57. The molecule has 5 aromatic carbocycles. The minimum absolute atomic E-state index is 0.655. The van der Waals surface area contributed by atoms with Crippen LogP contribution in [0, 0.1) is 0 Å². The van der Waals surface area contributed by atoms with Crippen LogP contribution in [0.4, 0.5) is 0 Å². The van der Waals surface area contributed by atoms with E-state index in [4.69, 9.17) is 5.32 Å². The van der Waals surface area contributed by atoms with Crippen molar-refractivity contribution in [3.63, 3.8) is 0 Å². The van der Waals surface area contributed by atoms with Crippen LogP contribution in [0.3, 0.4) is 0 Å². The lowest BCUT2D eigenvalue weighted by molar-refractivity contribution is 1.18. The highest BCUT2D eigenvalue weighted by atomic mass is 15.0. The molecule has 2 aliphatic heterocycles. The van der Waals surface area contributed by atoms with Crippen LogP contribution in [-0.2, 0) is 0 Å². The Balaban J connectivity index is 1.18. The summed E-state index contributed by atoms with van der Waals surface area (Å²) >= 11 is 0. The minimum Gasteiger partial charge on any atom is -0.686 e. The third-order valence-corrected chi connectivity index (χ3v) is 9.24. The Morgan fingerprint density at radius 1 is 0.638 bits per heavy atom. The Labute approximate surface area is 273 Å². The quantitative estimate of drug-likeness (QED) is 0.193. The molecule has 4 nitrogen and oxygen atoms in total. The molecule has 4 heterocycles. The fraction of sp³-hybridized carbons (Fsp3) is 0.0465. The van der Waals surface area contributed by atoms with Crippen LogP contribution in [0.5, 0.6) is 0 Å². The summed E-state index contributed by atoms with van der Waals surface area (Å²) < 4.78 is 2.43. The van der Waals surface area contributed by atoms with Crippen molar-refractivity contribution in [2.45, 2.75) is 0 Å². The average molecular weight is 603 g/mol. The first-order valence-corrected chi connectivity index (χ1v) is 16.0. The van der Waals surface area contributed by atoms with E-state index < -0.39 is 0 Å². The van der Waals surface area contributed by atoms with Crippen LogP contribution in [0.25, 0.3) is 76.9 Å². The summed E-state index contributed by atoms with van der Waals surface area (Å²) in [4.78, 5) is 4.18. The maximum atomic E-state index is 4.73. The number of rotatable bonds is 5. The van der Waals surface area contributed by atoms with Crippen molar-refractivity contribution in [3.8, 4) is 16.8 Å². The Hall–Kier alpha value is -6.13. The molecule has 0 amide bonds. The maximum absolute atomic E-state index is 4.73. The number of para-hydroxylation sites is 1. The first-order chi connectivity index (χ1) is 23.3. The fourth-order valence-corrected chi connectivity index (χ4v) is 6.90. The van der Waals surface area contributed by atoms with Crippen LogP contribution in [0.1, 0.15) is 16.7 Å². The molecular formula is C43H30N4-2. The lowest BCUT2D eigenvalue weighted by Crippen LogP contribution is -1.98. The molecule has 2 aromatic heterocycles. The molecule has 0 fully saturated rings. The van der Waals surface area contributed by atoms with E-state index in [9.17, 15) is 0 Å². The van der Waals surface area contributed by atoms with Gasteiger partial charge in [0.15, 0.2) is 0 Å². The molecule has 0 saturated carbocycles. The summed E-state index contributed by atoms with van der Waals surface area (Å²) in [5.74, 6) is 0. The van der Waals surface area contributed by atoms with Crippen LogP contribution in [0.2, 0.25) is 0 Å². The van der Waals surface area contributed by atoms with Gasteiger partial charge in [-0.15, -0.1) is 24.9 Å². The van der Waals surface area contributed by atoms with Gasteiger partial charge in [0.25, 0.3) is 0 Å². The van der Waals surface area contributed by atoms with Crippen LogP contribution < -0.4 is 0 Å². The van der Waals surface area contributed by atoms with Crippen molar-refractivity contribution in [2.24, 2.45) is 0 Å². The molecule has 9 rings (SSSR count). The van der Waals surface area contributed by atoms with Gasteiger partial charge >= 0.3 is 0 Å². The van der Waals surface area contributed by atoms with Gasteiger partial charge in [-0.2, -0.15) is 6.20 Å². The lowest BCUT2D eigenvalue weighted by atomic mass is 9.96. The number of benzene rings is 5. The van der Waals surface area contributed by atoms with Gasteiger partial charge in [-0.1, -0.05) is 103 Å². The largest absolute Gasteiger partial charge is 0.686 e. The molecule has 0 unspecified atom stereocenters. The topological polar surface area (TPSA) is 46.0 Å². The molecule has 2 aliphatic rings. The normalized spacial score (nSPS) is 14.4. The fourth-order valence-electron chi connectivity index (χ4n) is 6.90. The van der Waals surface area contributed by atoms with E-state index in [1.807, 2.05) is 30.7 Å². The number of hydrogen-bond donors (Lipinski definition) is 0. The number of nitrogens with zero attached hydrogens (tertiary/aromatic N) is 4. The summed E-state index contributed by atoms with van der Waals surface area (Å²) in [7, 11) is 0. The van der Waals surface area contributed by atoms with Gasteiger partial charge in [-0.05, 0) is 75.2 Å². The van der Waals surface area contributed by atoms with Crippen molar-refractivity contribution < 1.29 is 0 Å². The van der Waals surface area contributed by atoms with E-state index in [1.165, 1.54) is 54.8 Å². The second kappa shape index (κ2) is 11.3. The third kappa shape index (κ3) is 4.82. The van der Waals surface area contributed by atoms with Crippen molar-refractivity contribution in [2.75, 3.05) is 13.1 Å². The molecule has 0 bridgehead atoms. The van der Waals surface area contributed by atoms with Crippen molar-refractivity contribution in [1.29, 1.82) is 0 Å². The highest BCUT2D eigenvalue weighted by Gasteiger charge is 2.17. The summed E-state index contributed by atoms with van der Waals surface area (Å²) in [5, 5.41) is 14.3. The van der Waals surface area contributed by atoms with E-state index in [0.717, 1.165) is 34.6 Å². The molecule has 47 heavy (non-hydrogen) atoms. The van der Waals surface area contributed by atoms with Gasteiger partial charge in [-0.3, -0.25) is 4.98 Å². The van der Waals surface area contributed by atoms with Gasteiger partial charge in [-0.25, -0.2) is 0 Å². The van der Waals surface area contributed by atoms with Crippen molar-refractivity contribution in [3.05, 3.63) is 185 Å². The number of hydrogen-bond acceptors (Lipinski definition) is 1. The SMILES string of the molecule is C1=CC[N-]C(c2ccc(-c3ccc4c(ccc5c6ccc(C7=CC(c8ccncc8)=C[N-]C7)cc6n(-c6ccccc6)c45)c3)cc2)=C1. The molecule has 224 valence electrons. The van der Waals surface area contributed by atoms with Crippen LogP contribution in [0.15, 0.2) is 158 Å². The van der Waals surface area contributed by atoms with Gasteiger partial charge < -0.3 is 15.2 Å². The molecule has 0 saturated heterocycles. The van der Waals surface area contributed by atoms with E-state index in [0.29, 0.717) is 6.54 Å². The van der Waals surface area contributed by atoms with Crippen LogP contribution in [-0.4, -0.2) is 22.6 Å². The molecule has 0 radical (unpaired) electrons. The highest BCUT2D eigenvalue weighted by Crippen LogP contribution is 2.40. The number of allylic oxidation sites excluding steroid dienone is 4. The zero-order valence-corrected chi connectivity index (χ0v) is 25.7. The monoisotopic (exact) mass is 602 g/mol. The van der Waals surface area contributed by atoms with E-state index >= 15 is 0 Å². The molecule has 0 spiro atoms. The third-order valence-electron chi connectivity index (χ3n) is 9.24. The molecule has 7 aromatic rings. The van der Waals surface area contributed by atoms with E-state index in [-0.39, 0.29) is 0 Å². The Morgan fingerprint density at radius 3 is 2.23 bits per heavy atom. The highest BCUT2D eigenvalue weighted by molar-refractivity contribution is 6.19. The van der Waals surface area contributed by atoms with E-state index in [1.54, 1.807) is 0 Å². The number of fused-ring (bicyclic) bond motifs is 5. The molecule has 0 atom stereocenters. The predicted molar refractivity (Wildman–Crippen MR) is 197 cm³/mol. The van der Waals surface area contributed by atoms with Gasteiger partial charge in [0.2, 0.25) is 0 Å². The summed E-state index contributed by atoms with van der Waals surface area (Å²) in [6.45, 7) is 1.40. The van der Waals surface area contributed by atoms with Crippen LogP contribution >= 0.6 is 0 Å². The molecule has 0 aliphatic carbocycles. The predicted octanol–water partition coefficient (Wildman–Crippen LogP) is 11.1. The van der Waals surface area contributed by atoms with Crippen molar-refractivity contribution in [1.82, 2.24) is 9.55 Å². The minimum atomic E-state index is 0.655. The van der Waals surface area contributed by atoms with Gasteiger partial charge in [0.1, 0.15) is 0 Å². The van der Waals surface area contributed by atoms with Gasteiger partial charge in [0.05, 0.1) is 11.0 Å².